The highest BCUT2D eigenvalue weighted by Gasteiger charge is 2.27. The Morgan fingerprint density at radius 1 is 0.827 bits per heavy atom. The molecule has 2 fully saturated rings. The van der Waals surface area contributed by atoms with Gasteiger partial charge in [0.1, 0.15) is 0 Å². The highest BCUT2D eigenvalue weighted by atomic mass is 35.5. The summed E-state index contributed by atoms with van der Waals surface area (Å²) < 4.78 is 1.75. The van der Waals surface area contributed by atoms with Crippen LogP contribution in [0, 0.1) is 0 Å². The molecule has 1 saturated heterocycles. The second-order valence-electron chi connectivity index (χ2n) is 13.5. The SMILES string of the molecule is O=C(NCCN1CCCC(n2nc(Cc3ccc(Cl)cc3)c3ccccc3c2=O)CC1)c1ccc2c(c1)CCN(C1CCC1)CC2.O=CO.O=CO. The molecule has 2 aliphatic heterocycles. The molecule has 3 aromatic carbocycles. The number of carboxylic acid groups (broad SMARTS) is 2. The predicted molar refractivity (Wildman–Crippen MR) is 202 cm³/mol. The quantitative estimate of drug-likeness (QED) is 0.202. The van der Waals surface area contributed by atoms with Gasteiger partial charge in [-0.25, -0.2) is 4.68 Å². The van der Waals surface area contributed by atoms with Gasteiger partial charge in [-0.05, 0) is 98.5 Å². The molecule has 3 N–H and O–H groups in total. The number of hydrogen-bond donors (Lipinski definition) is 3. The smallest absolute Gasteiger partial charge is 0.290 e. The van der Waals surface area contributed by atoms with Crippen LogP contribution in [0.2, 0.25) is 5.02 Å². The number of benzene rings is 3. The van der Waals surface area contributed by atoms with Gasteiger partial charge < -0.3 is 20.4 Å². The number of likely N-dealkylation sites (tertiary alicyclic amines) is 1. The predicted octanol–water partition coefficient (Wildman–Crippen LogP) is 5.45. The first-order valence-corrected chi connectivity index (χ1v) is 18.5. The molecule has 1 unspecified atom stereocenters. The number of nitrogens with one attached hydrogen (secondary N) is 1. The van der Waals surface area contributed by atoms with E-state index in [1.165, 1.54) is 30.4 Å². The summed E-state index contributed by atoms with van der Waals surface area (Å²) in [6, 6.07) is 22.8. The number of halogens is 1. The molecule has 0 spiro atoms. The van der Waals surface area contributed by atoms with Crippen LogP contribution < -0.4 is 10.9 Å². The highest BCUT2D eigenvalue weighted by Crippen LogP contribution is 2.28. The van der Waals surface area contributed by atoms with Crippen LogP contribution in [0.15, 0.2) is 71.5 Å². The Kier molecular flexibility index (Phi) is 14.4. The molecule has 11 nitrogen and oxygen atoms in total. The van der Waals surface area contributed by atoms with E-state index in [1.54, 1.807) is 4.68 Å². The summed E-state index contributed by atoms with van der Waals surface area (Å²) in [4.78, 5) is 48.6. The lowest BCUT2D eigenvalue weighted by Crippen LogP contribution is -2.41. The van der Waals surface area contributed by atoms with Gasteiger partial charge in [-0.3, -0.25) is 24.1 Å². The van der Waals surface area contributed by atoms with Gasteiger partial charge in [0.05, 0.1) is 17.1 Å². The van der Waals surface area contributed by atoms with E-state index in [1.807, 2.05) is 54.6 Å². The van der Waals surface area contributed by atoms with Gasteiger partial charge in [0, 0.05) is 61.2 Å². The standard InChI is InChI=1S/C38H44ClN5O2.2CH2O2/c39-31-14-10-27(11-15-31)25-36-34-8-1-2-9-35(34)38(46)44(41-36)33-7-4-20-42(21-18-33)24-19-40-37(45)30-13-12-28-16-22-43(32-5-3-6-32)23-17-29(28)26-30;2*2-1-3/h1-2,8-15,26,32-33H,3-7,16-25H2,(H,40,45);2*1H,(H,2,3). The van der Waals surface area contributed by atoms with Crippen molar-refractivity contribution in [3.8, 4) is 0 Å². The van der Waals surface area contributed by atoms with Gasteiger partial charge in [0.15, 0.2) is 0 Å². The van der Waals surface area contributed by atoms with Gasteiger partial charge >= 0.3 is 0 Å². The molecule has 1 amide bonds. The molecule has 0 radical (unpaired) electrons. The lowest BCUT2D eigenvalue weighted by molar-refractivity contribution is -0.123. The average molecular weight is 730 g/mol. The van der Waals surface area contributed by atoms with Crippen LogP contribution in [-0.4, -0.2) is 94.0 Å². The van der Waals surface area contributed by atoms with Crippen LogP contribution in [-0.2, 0) is 28.9 Å². The zero-order valence-electron chi connectivity index (χ0n) is 29.5. The summed E-state index contributed by atoms with van der Waals surface area (Å²) in [6.07, 6.45) is 9.52. The van der Waals surface area contributed by atoms with E-state index in [0.717, 1.165) is 98.5 Å². The number of nitrogens with zero attached hydrogens (tertiary/aromatic N) is 4. The fourth-order valence-corrected chi connectivity index (χ4v) is 7.61. The molecule has 7 rings (SSSR count). The molecule has 52 heavy (non-hydrogen) atoms. The van der Waals surface area contributed by atoms with Crippen LogP contribution in [0.25, 0.3) is 10.8 Å². The van der Waals surface area contributed by atoms with E-state index in [-0.39, 0.29) is 30.5 Å². The summed E-state index contributed by atoms with van der Waals surface area (Å²) >= 11 is 6.12. The number of hydrogen-bond acceptors (Lipinski definition) is 7. The monoisotopic (exact) mass is 729 g/mol. The minimum Gasteiger partial charge on any atom is -0.483 e. The molecule has 0 bridgehead atoms. The zero-order valence-corrected chi connectivity index (χ0v) is 30.2. The summed E-state index contributed by atoms with van der Waals surface area (Å²) in [5.74, 6) is 0.00993. The van der Waals surface area contributed by atoms with Crippen molar-refractivity contribution < 1.29 is 24.6 Å². The maximum atomic E-state index is 13.6. The first-order valence-electron chi connectivity index (χ1n) is 18.1. The summed E-state index contributed by atoms with van der Waals surface area (Å²) in [5.41, 5.74) is 5.51. The third-order valence-electron chi connectivity index (χ3n) is 10.4. The Hall–Kier alpha value is -4.58. The Bertz CT molecular complexity index is 1860. The Morgan fingerprint density at radius 3 is 2.19 bits per heavy atom. The molecule has 3 aliphatic rings. The lowest BCUT2D eigenvalue weighted by atomic mass is 9.91. The largest absolute Gasteiger partial charge is 0.483 e. The fourth-order valence-electron chi connectivity index (χ4n) is 7.48. The number of aromatic nitrogens is 2. The Balaban J connectivity index is 0.000000817. The molecule has 1 saturated carbocycles. The van der Waals surface area contributed by atoms with E-state index in [2.05, 4.69) is 27.2 Å². The zero-order chi connectivity index (χ0) is 36.9. The van der Waals surface area contributed by atoms with Crippen molar-refractivity contribution >= 4 is 41.2 Å². The molecule has 4 aromatic rings. The number of carbonyl (C=O) groups is 3. The number of carbonyl (C=O) groups excluding carboxylic acids is 1. The topological polar surface area (TPSA) is 145 Å². The van der Waals surface area contributed by atoms with Gasteiger partial charge in [0.25, 0.3) is 24.4 Å². The summed E-state index contributed by atoms with van der Waals surface area (Å²) in [6.45, 7) is 4.95. The molecular formula is C40H48ClN5O6. The van der Waals surface area contributed by atoms with Crippen LogP contribution >= 0.6 is 11.6 Å². The second kappa shape index (κ2) is 19.3. The van der Waals surface area contributed by atoms with Crippen LogP contribution in [0.5, 0.6) is 0 Å². The maximum Gasteiger partial charge on any atom is 0.290 e. The minimum atomic E-state index is -0.250. The normalized spacial score (nSPS) is 17.8. The molecule has 1 aromatic heterocycles. The number of rotatable bonds is 8. The van der Waals surface area contributed by atoms with E-state index in [0.29, 0.717) is 18.0 Å². The van der Waals surface area contributed by atoms with Crippen molar-refractivity contribution in [1.82, 2.24) is 24.9 Å². The van der Waals surface area contributed by atoms with Crippen LogP contribution in [0.4, 0.5) is 0 Å². The van der Waals surface area contributed by atoms with Gasteiger partial charge in [-0.15, -0.1) is 0 Å². The van der Waals surface area contributed by atoms with E-state index in [9.17, 15) is 9.59 Å². The lowest BCUT2D eigenvalue weighted by Gasteiger charge is -2.36. The molecule has 3 heterocycles. The molecule has 1 atom stereocenters. The molecule has 1 aliphatic carbocycles. The van der Waals surface area contributed by atoms with E-state index < -0.39 is 0 Å². The van der Waals surface area contributed by atoms with Crippen molar-refractivity contribution in [2.24, 2.45) is 0 Å². The fraction of sp³-hybridized carbons (Fsp3) is 0.425. The first kappa shape index (κ1) is 38.6. The van der Waals surface area contributed by atoms with Crippen LogP contribution in [0.3, 0.4) is 0 Å². The van der Waals surface area contributed by atoms with Crippen molar-refractivity contribution in [3.05, 3.63) is 110 Å². The van der Waals surface area contributed by atoms with Crippen molar-refractivity contribution in [1.29, 1.82) is 0 Å². The Morgan fingerprint density at radius 2 is 1.50 bits per heavy atom. The molecule has 12 heteroatoms. The van der Waals surface area contributed by atoms with Crippen molar-refractivity contribution in [2.45, 2.75) is 69.9 Å². The van der Waals surface area contributed by atoms with Gasteiger partial charge in [0.2, 0.25) is 0 Å². The summed E-state index contributed by atoms with van der Waals surface area (Å²) in [7, 11) is 0. The van der Waals surface area contributed by atoms with Crippen molar-refractivity contribution in [3.63, 3.8) is 0 Å². The third-order valence-corrected chi connectivity index (χ3v) is 10.7. The number of fused-ring (bicyclic) bond motifs is 2. The maximum absolute atomic E-state index is 13.6. The Labute approximate surface area is 309 Å². The minimum absolute atomic E-state index is 0.00993. The van der Waals surface area contributed by atoms with Crippen LogP contribution in [0.1, 0.15) is 77.3 Å². The first-order chi connectivity index (χ1) is 25.3. The van der Waals surface area contributed by atoms with E-state index >= 15 is 0 Å². The van der Waals surface area contributed by atoms with E-state index in [4.69, 9.17) is 36.5 Å². The second-order valence-corrected chi connectivity index (χ2v) is 14.0. The van der Waals surface area contributed by atoms with Gasteiger partial charge in [-0.2, -0.15) is 5.10 Å². The van der Waals surface area contributed by atoms with Crippen molar-refractivity contribution in [2.75, 3.05) is 39.3 Å². The molecule has 276 valence electrons. The highest BCUT2D eigenvalue weighted by molar-refractivity contribution is 6.30. The average Bonchev–Trinajstić information content (AvgIpc) is 3.49. The molecular weight excluding hydrogens is 682 g/mol. The third kappa shape index (κ3) is 10.1. The van der Waals surface area contributed by atoms with Gasteiger partial charge in [-0.1, -0.05) is 54.4 Å². The number of amides is 1. The summed E-state index contributed by atoms with van der Waals surface area (Å²) in [5, 5.41) is 24.3.